The molecule has 0 N–H and O–H groups in total. The molecule has 4 nitrogen and oxygen atoms in total. The molecule has 106 valence electrons. The van der Waals surface area contributed by atoms with Gasteiger partial charge < -0.3 is 0 Å². The molecule has 4 heteroatoms. The number of rotatable bonds is 2. The molecule has 1 saturated heterocycles. The van der Waals surface area contributed by atoms with Crippen LogP contribution in [-0.4, -0.2) is 33.3 Å². The van der Waals surface area contributed by atoms with Gasteiger partial charge >= 0.3 is 0 Å². The van der Waals surface area contributed by atoms with E-state index in [1.54, 1.807) is 6.33 Å². The number of hydrogen-bond acceptors (Lipinski definition) is 3. The molecule has 2 heterocycles. The topological polar surface area (TPSA) is 34.0 Å². The summed E-state index contributed by atoms with van der Waals surface area (Å²) in [6.45, 7) is 1.20. The van der Waals surface area contributed by atoms with E-state index in [0.29, 0.717) is 12.1 Å². The number of hydrogen-bond donors (Lipinski definition) is 0. The second kappa shape index (κ2) is 6.04. The fraction of sp³-hybridized carbons (Fsp3) is 0.867. The van der Waals surface area contributed by atoms with Crippen molar-refractivity contribution in [3.63, 3.8) is 0 Å². The smallest absolute Gasteiger partial charge is 0.144 e. The summed E-state index contributed by atoms with van der Waals surface area (Å²) in [5.41, 5.74) is 0. The lowest BCUT2D eigenvalue weighted by Gasteiger charge is -2.29. The predicted molar refractivity (Wildman–Crippen MR) is 76.0 cm³/mol. The van der Waals surface area contributed by atoms with Crippen LogP contribution in [0.25, 0.3) is 0 Å². The first-order chi connectivity index (χ1) is 9.36. The third-order valence-electron chi connectivity index (χ3n) is 4.84. The minimum absolute atomic E-state index is 0.479. The Morgan fingerprint density at radius 2 is 1.74 bits per heavy atom. The lowest BCUT2D eigenvalue weighted by atomic mass is 9.95. The van der Waals surface area contributed by atoms with Crippen LogP contribution in [0.15, 0.2) is 6.33 Å². The van der Waals surface area contributed by atoms with E-state index >= 15 is 0 Å². The maximum atomic E-state index is 4.62. The Balaban J connectivity index is 1.81. The minimum atomic E-state index is 0.479. The van der Waals surface area contributed by atoms with Crippen LogP contribution >= 0.6 is 0 Å². The van der Waals surface area contributed by atoms with Gasteiger partial charge in [0.25, 0.3) is 0 Å². The van der Waals surface area contributed by atoms with Crippen LogP contribution in [0.5, 0.6) is 0 Å². The summed E-state index contributed by atoms with van der Waals surface area (Å²) in [7, 11) is 2.25. The third kappa shape index (κ3) is 2.83. The normalized spacial score (nSPS) is 27.3. The van der Waals surface area contributed by atoms with Crippen molar-refractivity contribution >= 4 is 0 Å². The molecule has 1 aromatic heterocycles. The molecule has 1 aliphatic carbocycles. The van der Waals surface area contributed by atoms with Crippen LogP contribution in [0.1, 0.15) is 75.7 Å². The highest BCUT2D eigenvalue weighted by atomic mass is 15.4. The molecule has 2 fully saturated rings. The Hall–Kier alpha value is -0.900. The van der Waals surface area contributed by atoms with Gasteiger partial charge in [0.05, 0.1) is 12.1 Å². The van der Waals surface area contributed by atoms with Crippen LogP contribution in [0.3, 0.4) is 0 Å². The van der Waals surface area contributed by atoms with Crippen LogP contribution in [-0.2, 0) is 0 Å². The van der Waals surface area contributed by atoms with E-state index < -0.39 is 0 Å². The molecule has 3 rings (SSSR count). The second-order valence-electron chi connectivity index (χ2n) is 6.20. The molecule has 19 heavy (non-hydrogen) atoms. The Morgan fingerprint density at radius 3 is 2.58 bits per heavy atom. The zero-order chi connectivity index (χ0) is 13.1. The molecule has 1 atom stereocenters. The molecule has 1 aromatic rings. The van der Waals surface area contributed by atoms with Crippen molar-refractivity contribution in [2.45, 2.75) is 69.9 Å². The van der Waals surface area contributed by atoms with Crippen molar-refractivity contribution in [1.29, 1.82) is 0 Å². The first kappa shape index (κ1) is 13.1. The molecule has 0 spiro atoms. The van der Waals surface area contributed by atoms with E-state index in [1.165, 1.54) is 70.2 Å². The van der Waals surface area contributed by atoms with Gasteiger partial charge in [0.2, 0.25) is 0 Å². The summed E-state index contributed by atoms with van der Waals surface area (Å²) >= 11 is 0. The first-order valence-electron chi connectivity index (χ1n) is 7.96. The fourth-order valence-electron chi connectivity index (χ4n) is 3.68. The van der Waals surface area contributed by atoms with Gasteiger partial charge in [-0.1, -0.05) is 32.1 Å². The van der Waals surface area contributed by atoms with Gasteiger partial charge in [-0.15, -0.1) is 0 Å². The third-order valence-corrected chi connectivity index (χ3v) is 4.84. The molecule has 0 amide bonds. The summed E-state index contributed by atoms with van der Waals surface area (Å²) < 4.78 is 2.26. The highest BCUT2D eigenvalue weighted by molar-refractivity contribution is 4.98. The first-order valence-corrected chi connectivity index (χ1v) is 7.96. The van der Waals surface area contributed by atoms with Crippen molar-refractivity contribution in [2.24, 2.45) is 0 Å². The van der Waals surface area contributed by atoms with Crippen LogP contribution in [0.2, 0.25) is 0 Å². The van der Waals surface area contributed by atoms with Crippen LogP contribution in [0.4, 0.5) is 0 Å². The average molecular weight is 262 g/mol. The van der Waals surface area contributed by atoms with Crippen molar-refractivity contribution in [3.05, 3.63) is 12.2 Å². The van der Waals surface area contributed by atoms with Gasteiger partial charge in [-0.25, -0.2) is 9.67 Å². The number of aromatic nitrogens is 3. The van der Waals surface area contributed by atoms with E-state index in [4.69, 9.17) is 0 Å². The van der Waals surface area contributed by atoms with Gasteiger partial charge in [-0.05, 0) is 39.3 Å². The molecule has 0 radical (unpaired) electrons. The molecule has 1 aliphatic heterocycles. The summed E-state index contributed by atoms with van der Waals surface area (Å²) in [4.78, 5) is 7.10. The average Bonchev–Trinajstić information content (AvgIpc) is 2.83. The molecule has 0 unspecified atom stereocenters. The maximum absolute atomic E-state index is 4.62. The zero-order valence-electron chi connectivity index (χ0n) is 12.1. The molecule has 2 aliphatic rings. The Bertz CT molecular complexity index is 395. The molecular weight excluding hydrogens is 236 g/mol. The van der Waals surface area contributed by atoms with Gasteiger partial charge in [-0.2, -0.15) is 5.10 Å². The summed E-state index contributed by atoms with van der Waals surface area (Å²) in [5.74, 6) is 1.22. The van der Waals surface area contributed by atoms with E-state index in [2.05, 4.69) is 26.7 Å². The lowest BCUT2D eigenvalue weighted by Crippen LogP contribution is -2.28. The van der Waals surface area contributed by atoms with Gasteiger partial charge in [0.1, 0.15) is 12.2 Å². The van der Waals surface area contributed by atoms with E-state index in [0.717, 1.165) is 0 Å². The quantitative estimate of drug-likeness (QED) is 0.820. The fourth-order valence-corrected chi connectivity index (χ4v) is 3.68. The summed E-state index contributed by atoms with van der Waals surface area (Å²) in [6.07, 6.45) is 13.7. The zero-order valence-corrected chi connectivity index (χ0v) is 12.1. The van der Waals surface area contributed by atoms with E-state index in [-0.39, 0.29) is 0 Å². The van der Waals surface area contributed by atoms with Crippen LogP contribution in [0, 0.1) is 0 Å². The van der Waals surface area contributed by atoms with Gasteiger partial charge in [-0.3, -0.25) is 4.90 Å². The Morgan fingerprint density at radius 1 is 1.00 bits per heavy atom. The van der Waals surface area contributed by atoms with E-state index in [9.17, 15) is 0 Å². The molecular formula is C15H26N4. The standard InChI is InChI=1S/C15H26N4/c1-18-11-7-3-6-10-14(18)15-16-12-17-19(15)13-8-4-2-5-9-13/h12-14H,2-11H2,1H3/t14-/m1/s1. The van der Waals surface area contributed by atoms with Crippen LogP contribution < -0.4 is 0 Å². The Labute approximate surface area is 116 Å². The second-order valence-corrected chi connectivity index (χ2v) is 6.20. The monoisotopic (exact) mass is 262 g/mol. The number of likely N-dealkylation sites (tertiary alicyclic amines) is 1. The van der Waals surface area contributed by atoms with Crippen molar-refractivity contribution in [3.8, 4) is 0 Å². The minimum Gasteiger partial charge on any atom is -0.297 e. The van der Waals surface area contributed by atoms with E-state index in [1.807, 2.05) is 0 Å². The summed E-state index contributed by atoms with van der Waals surface area (Å²) in [6, 6.07) is 1.08. The predicted octanol–water partition coefficient (Wildman–Crippen LogP) is 3.33. The lowest BCUT2D eigenvalue weighted by molar-refractivity contribution is 0.219. The molecule has 1 saturated carbocycles. The highest BCUT2D eigenvalue weighted by Crippen LogP contribution is 2.33. The van der Waals surface area contributed by atoms with Crippen molar-refractivity contribution < 1.29 is 0 Å². The Kier molecular flexibility index (Phi) is 4.16. The SMILES string of the molecule is CN1CCCCC[C@@H]1c1ncnn1C1CCCCC1. The maximum Gasteiger partial charge on any atom is 0.144 e. The molecule has 0 aromatic carbocycles. The van der Waals surface area contributed by atoms with Crippen molar-refractivity contribution in [2.75, 3.05) is 13.6 Å². The largest absolute Gasteiger partial charge is 0.297 e. The number of nitrogens with zero attached hydrogens (tertiary/aromatic N) is 4. The van der Waals surface area contributed by atoms with Gasteiger partial charge in [0.15, 0.2) is 0 Å². The van der Waals surface area contributed by atoms with Crippen molar-refractivity contribution in [1.82, 2.24) is 19.7 Å². The summed E-state index contributed by atoms with van der Waals surface area (Å²) in [5, 5.41) is 4.56. The highest BCUT2D eigenvalue weighted by Gasteiger charge is 2.27. The van der Waals surface area contributed by atoms with Gasteiger partial charge in [0, 0.05) is 0 Å². The molecule has 0 bridgehead atoms.